The Morgan fingerprint density at radius 3 is 2.57 bits per heavy atom. The fraction of sp³-hybridized carbons (Fsp3) is 0.933. The van der Waals surface area contributed by atoms with Crippen LogP contribution in [0.4, 0.5) is 4.79 Å². The van der Waals surface area contributed by atoms with Gasteiger partial charge in [0.25, 0.3) is 0 Å². The molecule has 6 heteroatoms. The van der Waals surface area contributed by atoms with Gasteiger partial charge in [-0.05, 0) is 34.2 Å². The average Bonchev–Trinajstić information content (AvgIpc) is 2.87. The molecule has 0 bridgehead atoms. The Kier molecular flexibility index (Phi) is 5.11. The van der Waals surface area contributed by atoms with Crippen LogP contribution < -0.4 is 0 Å². The van der Waals surface area contributed by atoms with Gasteiger partial charge in [0.2, 0.25) is 0 Å². The van der Waals surface area contributed by atoms with Crippen LogP contribution in [-0.4, -0.2) is 90.0 Å². The summed E-state index contributed by atoms with van der Waals surface area (Å²) in [5, 5.41) is 9.44. The van der Waals surface area contributed by atoms with E-state index in [1.54, 1.807) is 0 Å². The van der Waals surface area contributed by atoms with Gasteiger partial charge in [0.05, 0.1) is 6.61 Å². The van der Waals surface area contributed by atoms with Crippen molar-refractivity contribution >= 4 is 6.09 Å². The Hall–Kier alpha value is -0.850. The summed E-state index contributed by atoms with van der Waals surface area (Å²) in [5.74, 6) is 0. The standard InChI is InChI=1S/C15H29N3O3/c1-15(2,3)21-14(20)18-6-5-12(9-18)17-8-7-16(4)13(10-17)11-19/h12-13,19H,5-11H2,1-4H3/t12-,13+/m1/s1. The van der Waals surface area contributed by atoms with Crippen LogP contribution in [0.15, 0.2) is 0 Å². The maximum absolute atomic E-state index is 12.1. The molecule has 2 aliphatic rings. The minimum absolute atomic E-state index is 0.190. The molecule has 2 atom stereocenters. The first kappa shape index (κ1) is 16.5. The summed E-state index contributed by atoms with van der Waals surface area (Å²) >= 11 is 0. The molecule has 2 heterocycles. The van der Waals surface area contributed by atoms with Crippen molar-refractivity contribution in [2.24, 2.45) is 0 Å². The molecule has 2 saturated heterocycles. The summed E-state index contributed by atoms with van der Waals surface area (Å²) in [4.78, 5) is 18.5. The molecule has 2 aliphatic heterocycles. The number of hydrogen-bond acceptors (Lipinski definition) is 5. The number of likely N-dealkylation sites (N-methyl/N-ethyl adjacent to an activating group) is 1. The number of carbonyl (C=O) groups is 1. The third-order valence-electron chi connectivity index (χ3n) is 4.35. The van der Waals surface area contributed by atoms with E-state index in [0.717, 1.165) is 39.1 Å². The molecule has 0 spiro atoms. The molecule has 21 heavy (non-hydrogen) atoms. The molecule has 0 unspecified atom stereocenters. The second-order valence-electron chi connectivity index (χ2n) is 7.18. The summed E-state index contributed by atoms with van der Waals surface area (Å²) in [6, 6.07) is 0.592. The number of aliphatic hydroxyl groups excluding tert-OH is 1. The van der Waals surface area contributed by atoms with E-state index in [4.69, 9.17) is 4.74 Å². The number of rotatable bonds is 2. The van der Waals surface area contributed by atoms with Crippen molar-refractivity contribution in [1.82, 2.24) is 14.7 Å². The zero-order chi connectivity index (χ0) is 15.6. The number of piperazine rings is 1. The summed E-state index contributed by atoms with van der Waals surface area (Å²) in [6.45, 7) is 10.2. The third-order valence-corrected chi connectivity index (χ3v) is 4.35. The molecule has 2 fully saturated rings. The lowest BCUT2D eigenvalue weighted by Crippen LogP contribution is -2.56. The van der Waals surface area contributed by atoms with Gasteiger partial charge >= 0.3 is 6.09 Å². The van der Waals surface area contributed by atoms with Crippen LogP contribution in [0.25, 0.3) is 0 Å². The average molecular weight is 299 g/mol. The molecule has 0 aliphatic carbocycles. The highest BCUT2D eigenvalue weighted by Gasteiger charge is 2.35. The number of likely N-dealkylation sites (tertiary alicyclic amines) is 1. The monoisotopic (exact) mass is 299 g/mol. The van der Waals surface area contributed by atoms with Gasteiger partial charge in [0, 0.05) is 44.8 Å². The first-order valence-electron chi connectivity index (χ1n) is 7.83. The van der Waals surface area contributed by atoms with Gasteiger partial charge in [-0.25, -0.2) is 4.79 Å². The van der Waals surface area contributed by atoms with E-state index in [1.165, 1.54) is 0 Å². The first-order valence-corrected chi connectivity index (χ1v) is 7.83. The van der Waals surface area contributed by atoms with Crippen molar-refractivity contribution < 1.29 is 14.6 Å². The van der Waals surface area contributed by atoms with E-state index < -0.39 is 5.60 Å². The molecular formula is C15H29N3O3. The van der Waals surface area contributed by atoms with E-state index in [1.807, 2.05) is 25.7 Å². The van der Waals surface area contributed by atoms with Crippen LogP contribution >= 0.6 is 0 Å². The Morgan fingerprint density at radius 1 is 1.24 bits per heavy atom. The zero-order valence-electron chi connectivity index (χ0n) is 13.7. The Labute approximate surface area is 127 Å². The predicted molar refractivity (Wildman–Crippen MR) is 81.3 cm³/mol. The fourth-order valence-electron chi connectivity index (χ4n) is 3.03. The van der Waals surface area contributed by atoms with Crippen LogP contribution in [0.1, 0.15) is 27.2 Å². The van der Waals surface area contributed by atoms with Crippen molar-refractivity contribution in [3.63, 3.8) is 0 Å². The molecular weight excluding hydrogens is 270 g/mol. The van der Waals surface area contributed by atoms with E-state index >= 15 is 0 Å². The van der Waals surface area contributed by atoms with Crippen molar-refractivity contribution in [3.8, 4) is 0 Å². The smallest absolute Gasteiger partial charge is 0.410 e. The second kappa shape index (κ2) is 6.50. The second-order valence-corrected chi connectivity index (χ2v) is 7.18. The van der Waals surface area contributed by atoms with Gasteiger partial charge in [0.15, 0.2) is 0 Å². The van der Waals surface area contributed by atoms with Gasteiger partial charge < -0.3 is 14.7 Å². The first-order chi connectivity index (χ1) is 9.80. The lowest BCUT2D eigenvalue weighted by atomic mass is 10.1. The zero-order valence-corrected chi connectivity index (χ0v) is 13.7. The molecule has 0 aromatic carbocycles. The van der Waals surface area contributed by atoms with Gasteiger partial charge in [-0.15, -0.1) is 0 Å². The van der Waals surface area contributed by atoms with E-state index in [0.29, 0.717) is 6.04 Å². The minimum atomic E-state index is -0.439. The molecule has 6 nitrogen and oxygen atoms in total. The Morgan fingerprint density at radius 2 is 1.95 bits per heavy atom. The molecule has 1 N–H and O–H groups in total. The van der Waals surface area contributed by atoms with Crippen LogP contribution in [0.2, 0.25) is 0 Å². The Bertz CT molecular complexity index is 370. The van der Waals surface area contributed by atoms with Gasteiger partial charge in [0.1, 0.15) is 5.60 Å². The Balaban J connectivity index is 1.86. The number of aliphatic hydroxyl groups is 1. The SMILES string of the molecule is CN1CCN([C@@H]2CCN(C(=O)OC(C)(C)C)C2)C[C@H]1CO. The maximum atomic E-state index is 12.1. The number of amides is 1. The van der Waals surface area contributed by atoms with Crippen molar-refractivity contribution in [2.75, 3.05) is 46.4 Å². The van der Waals surface area contributed by atoms with Gasteiger partial charge in [-0.1, -0.05) is 0 Å². The lowest BCUT2D eigenvalue weighted by Gasteiger charge is -2.41. The molecule has 0 radical (unpaired) electrons. The highest BCUT2D eigenvalue weighted by atomic mass is 16.6. The number of ether oxygens (including phenoxy) is 1. The largest absolute Gasteiger partial charge is 0.444 e. The highest BCUT2D eigenvalue weighted by molar-refractivity contribution is 5.68. The fourth-order valence-corrected chi connectivity index (χ4v) is 3.03. The summed E-state index contributed by atoms with van der Waals surface area (Å²) in [6.07, 6.45) is 0.777. The quantitative estimate of drug-likeness (QED) is 0.809. The third kappa shape index (κ3) is 4.31. The molecule has 122 valence electrons. The molecule has 0 aromatic rings. The van der Waals surface area contributed by atoms with Crippen LogP contribution in [-0.2, 0) is 4.74 Å². The number of nitrogens with zero attached hydrogens (tertiary/aromatic N) is 3. The predicted octanol–water partition coefficient (Wildman–Crippen LogP) is 0.604. The van der Waals surface area contributed by atoms with Crippen molar-refractivity contribution in [3.05, 3.63) is 0 Å². The summed E-state index contributed by atoms with van der Waals surface area (Å²) < 4.78 is 5.44. The van der Waals surface area contributed by atoms with Gasteiger partial charge in [-0.3, -0.25) is 9.80 Å². The molecule has 1 amide bonds. The van der Waals surface area contributed by atoms with E-state index in [2.05, 4.69) is 16.8 Å². The van der Waals surface area contributed by atoms with Crippen molar-refractivity contribution in [1.29, 1.82) is 0 Å². The van der Waals surface area contributed by atoms with Crippen LogP contribution in [0, 0.1) is 0 Å². The highest BCUT2D eigenvalue weighted by Crippen LogP contribution is 2.21. The minimum Gasteiger partial charge on any atom is -0.444 e. The van der Waals surface area contributed by atoms with E-state index in [9.17, 15) is 9.90 Å². The van der Waals surface area contributed by atoms with Crippen LogP contribution in [0.5, 0.6) is 0 Å². The molecule has 0 saturated carbocycles. The topological polar surface area (TPSA) is 56.2 Å². The normalized spacial score (nSPS) is 28.9. The number of hydrogen-bond donors (Lipinski definition) is 1. The molecule has 2 rings (SSSR count). The lowest BCUT2D eigenvalue weighted by molar-refractivity contribution is 0.0218. The van der Waals surface area contributed by atoms with Crippen molar-refractivity contribution in [2.45, 2.75) is 44.9 Å². The molecule has 0 aromatic heterocycles. The van der Waals surface area contributed by atoms with Crippen LogP contribution in [0.3, 0.4) is 0 Å². The van der Waals surface area contributed by atoms with E-state index in [-0.39, 0.29) is 18.7 Å². The van der Waals surface area contributed by atoms with Gasteiger partial charge in [-0.2, -0.15) is 0 Å². The number of carbonyl (C=O) groups excluding carboxylic acids is 1. The summed E-state index contributed by atoms with van der Waals surface area (Å²) in [7, 11) is 2.06. The summed E-state index contributed by atoms with van der Waals surface area (Å²) in [5.41, 5.74) is -0.439. The maximum Gasteiger partial charge on any atom is 0.410 e.